The zero-order valence-corrected chi connectivity index (χ0v) is 10.4. The van der Waals surface area contributed by atoms with Crippen LogP contribution in [0.4, 0.5) is 13.2 Å². The zero-order chi connectivity index (χ0) is 13.6. The summed E-state index contributed by atoms with van der Waals surface area (Å²) in [5.41, 5.74) is 0.00165. The fourth-order valence-corrected chi connectivity index (χ4v) is 1.69. The van der Waals surface area contributed by atoms with Crippen LogP contribution in [0.1, 0.15) is 37.4 Å². The van der Waals surface area contributed by atoms with Gasteiger partial charge in [-0.1, -0.05) is 19.1 Å². The molecule has 1 atom stereocenters. The van der Waals surface area contributed by atoms with Gasteiger partial charge in [-0.2, -0.15) is 13.2 Å². The van der Waals surface area contributed by atoms with Crippen molar-refractivity contribution in [1.82, 2.24) is 5.32 Å². The third kappa shape index (κ3) is 4.08. The first-order chi connectivity index (χ1) is 8.49. The van der Waals surface area contributed by atoms with Gasteiger partial charge in [0.05, 0.1) is 5.56 Å². The minimum absolute atomic E-state index is 0.162. The molecule has 4 heteroatoms. The molecule has 1 rings (SSSR count). The van der Waals surface area contributed by atoms with Crippen LogP contribution in [-0.4, -0.2) is 6.54 Å². The summed E-state index contributed by atoms with van der Waals surface area (Å²) in [7, 11) is 0. The molecule has 18 heavy (non-hydrogen) atoms. The summed E-state index contributed by atoms with van der Waals surface area (Å²) >= 11 is 0. The number of alkyl halides is 3. The van der Waals surface area contributed by atoms with Gasteiger partial charge in [0.1, 0.15) is 0 Å². The van der Waals surface area contributed by atoms with Crippen molar-refractivity contribution in [2.45, 2.75) is 32.5 Å². The van der Waals surface area contributed by atoms with Crippen LogP contribution < -0.4 is 5.32 Å². The lowest BCUT2D eigenvalue weighted by atomic mass is 10.0. The van der Waals surface area contributed by atoms with Gasteiger partial charge in [-0.05, 0) is 31.2 Å². The number of hydrogen-bond acceptors (Lipinski definition) is 1. The van der Waals surface area contributed by atoms with E-state index >= 15 is 0 Å². The highest BCUT2D eigenvalue weighted by Crippen LogP contribution is 2.31. The highest BCUT2D eigenvalue weighted by molar-refractivity contribution is 5.28. The number of rotatable bonds is 4. The number of nitrogens with one attached hydrogen (secondary N) is 1. The SMILES string of the molecule is CC#CCC(NCC)c1cccc(C(F)(F)F)c1. The van der Waals surface area contributed by atoms with Crippen molar-refractivity contribution in [3.05, 3.63) is 35.4 Å². The third-order valence-corrected chi connectivity index (χ3v) is 2.55. The Bertz CT molecular complexity index is 440. The first kappa shape index (κ1) is 14.6. The lowest BCUT2D eigenvalue weighted by Crippen LogP contribution is -2.21. The summed E-state index contributed by atoms with van der Waals surface area (Å²) in [5, 5.41) is 3.14. The molecule has 1 aromatic rings. The first-order valence-electron chi connectivity index (χ1n) is 5.79. The van der Waals surface area contributed by atoms with E-state index in [1.54, 1.807) is 13.0 Å². The van der Waals surface area contributed by atoms with E-state index in [4.69, 9.17) is 0 Å². The van der Waals surface area contributed by atoms with Crippen molar-refractivity contribution in [3.8, 4) is 11.8 Å². The van der Waals surface area contributed by atoms with Gasteiger partial charge in [0.25, 0.3) is 0 Å². The molecule has 0 fully saturated rings. The van der Waals surface area contributed by atoms with Crippen LogP contribution in [0.25, 0.3) is 0 Å². The second-order valence-electron chi connectivity index (χ2n) is 3.86. The number of halogens is 3. The molecule has 0 radical (unpaired) electrons. The number of hydrogen-bond donors (Lipinski definition) is 1. The normalized spacial score (nSPS) is 12.7. The predicted octanol–water partition coefficient (Wildman–Crippen LogP) is 3.77. The predicted molar refractivity (Wildman–Crippen MR) is 65.9 cm³/mol. The molecule has 0 heterocycles. The molecule has 0 saturated carbocycles. The Morgan fingerprint density at radius 1 is 1.33 bits per heavy atom. The molecule has 1 aromatic carbocycles. The summed E-state index contributed by atoms with van der Waals surface area (Å²) in [6.45, 7) is 4.32. The molecule has 0 aliphatic rings. The second kappa shape index (κ2) is 6.46. The lowest BCUT2D eigenvalue weighted by Gasteiger charge is -2.17. The molecule has 98 valence electrons. The average Bonchev–Trinajstić information content (AvgIpc) is 2.33. The molecule has 1 nitrogen and oxygen atoms in total. The van der Waals surface area contributed by atoms with Crippen LogP contribution in [0.3, 0.4) is 0 Å². The molecule has 0 aliphatic carbocycles. The van der Waals surface area contributed by atoms with Gasteiger partial charge in [0.2, 0.25) is 0 Å². The summed E-state index contributed by atoms with van der Waals surface area (Å²) in [6.07, 6.45) is -3.80. The van der Waals surface area contributed by atoms with E-state index in [9.17, 15) is 13.2 Å². The Hall–Kier alpha value is -1.47. The average molecular weight is 255 g/mol. The Morgan fingerprint density at radius 2 is 2.06 bits per heavy atom. The van der Waals surface area contributed by atoms with Crippen molar-refractivity contribution in [1.29, 1.82) is 0 Å². The van der Waals surface area contributed by atoms with Gasteiger partial charge < -0.3 is 5.32 Å². The summed E-state index contributed by atoms with van der Waals surface area (Å²) in [5.74, 6) is 5.66. The molecular formula is C14H16F3N. The van der Waals surface area contributed by atoms with E-state index in [2.05, 4.69) is 17.2 Å². The Kier molecular flexibility index (Phi) is 5.24. The maximum absolute atomic E-state index is 12.6. The molecule has 0 amide bonds. The van der Waals surface area contributed by atoms with Gasteiger partial charge >= 0.3 is 6.18 Å². The fourth-order valence-electron chi connectivity index (χ4n) is 1.69. The smallest absolute Gasteiger partial charge is 0.309 e. The molecular weight excluding hydrogens is 239 g/mol. The summed E-state index contributed by atoms with van der Waals surface area (Å²) in [4.78, 5) is 0. The molecule has 0 saturated heterocycles. The maximum Gasteiger partial charge on any atom is 0.416 e. The van der Waals surface area contributed by atoms with Crippen LogP contribution >= 0.6 is 0 Å². The van der Waals surface area contributed by atoms with Gasteiger partial charge in [-0.15, -0.1) is 11.8 Å². The van der Waals surface area contributed by atoms with E-state index < -0.39 is 11.7 Å². The Morgan fingerprint density at radius 3 is 2.61 bits per heavy atom. The van der Waals surface area contributed by atoms with Crippen molar-refractivity contribution in [3.63, 3.8) is 0 Å². The van der Waals surface area contributed by atoms with Crippen molar-refractivity contribution in [2.75, 3.05) is 6.54 Å². The molecule has 1 unspecified atom stereocenters. The van der Waals surface area contributed by atoms with E-state index in [0.717, 1.165) is 6.07 Å². The first-order valence-corrected chi connectivity index (χ1v) is 5.79. The third-order valence-electron chi connectivity index (χ3n) is 2.55. The van der Waals surface area contributed by atoms with E-state index in [1.165, 1.54) is 12.1 Å². The summed E-state index contributed by atoms with van der Waals surface area (Å²) < 4.78 is 37.9. The Labute approximate surface area is 105 Å². The van der Waals surface area contributed by atoms with Crippen molar-refractivity contribution >= 4 is 0 Å². The highest BCUT2D eigenvalue weighted by atomic mass is 19.4. The van der Waals surface area contributed by atoms with Gasteiger partial charge in [-0.3, -0.25) is 0 Å². The van der Waals surface area contributed by atoms with Crippen LogP contribution in [0, 0.1) is 11.8 Å². The van der Waals surface area contributed by atoms with E-state index in [-0.39, 0.29) is 6.04 Å². The quantitative estimate of drug-likeness (QED) is 0.807. The topological polar surface area (TPSA) is 12.0 Å². The summed E-state index contributed by atoms with van der Waals surface area (Å²) in [6, 6.07) is 5.23. The van der Waals surface area contributed by atoms with Crippen LogP contribution in [0.5, 0.6) is 0 Å². The minimum Gasteiger partial charge on any atom is -0.309 e. The van der Waals surface area contributed by atoms with E-state index in [0.29, 0.717) is 18.5 Å². The van der Waals surface area contributed by atoms with E-state index in [1.807, 2.05) is 6.92 Å². The maximum atomic E-state index is 12.6. The van der Waals surface area contributed by atoms with Crippen LogP contribution in [0.15, 0.2) is 24.3 Å². The lowest BCUT2D eigenvalue weighted by molar-refractivity contribution is -0.137. The van der Waals surface area contributed by atoms with Gasteiger partial charge in [0, 0.05) is 12.5 Å². The van der Waals surface area contributed by atoms with Crippen LogP contribution in [-0.2, 0) is 6.18 Å². The van der Waals surface area contributed by atoms with Gasteiger partial charge in [-0.25, -0.2) is 0 Å². The van der Waals surface area contributed by atoms with Gasteiger partial charge in [0.15, 0.2) is 0 Å². The largest absolute Gasteiger partial charge is 0.416 e. The fraction of sp³-hybridized carbons (Fsp3) is 0.429. The highest BCUT2D eigenvalue weighted by Gasteiger charge is 2.30. The van der Waals surface area contributed by atoms with Crippen molar-refractivity contribution in [2.24, 2.45) is 0 Å². The standard InChI is InChI=1S/C14H16F3N/c1-3-5-9-13(18-4-2)11-7-6-8-12(10-11)14(15,16)17/h6-8,10,13,18H,4,9H2,1-2H3. The monoisotopic (exact) mass is 255 g/mol. The Balaban J connectivity index is 3.00. The molecule has 0 bridgehead atoms. The molecule has 0 aromatic heterocycles. The minimum atomic E-state index is -4.30. The second-order valence-corrected chi connectivity index (χ2v) is 3.86. The molecule has 0 aliphatic heterocycles. The molecule has 1 N–H and O–H groups in total. The zero-order valence-electron chi connectivity index (χ0n) is 10.4. The molecule has 0 spiro atoms. The van der Waals surface area contributed by atoms with Crippen LogP contribution in [0.2, 0.25) is 0 Å². The van der Waals surface area contributed by atoms with Crippen molar-refractivity contribution < 1.29 is 13.2 Å². The number of benzene rings is 1.